The van der Waals surface area contributed by atoms with Crippen molar-refractivity contribution < 1.29 is 19.4 Å². The number of nitrogens with zero attached hydrogens (tertiary/aromatic N) is 3. The number of carbonyl (C=O) groups is 2. The molecule has 1 aliphatic rings. The summed E-state index contributed by atoms with van der Waals surface area (Å²) in [5.41, 5.74) is 1.65. The number of aromatic nitrogens is 2. The standard InChI is InChI=1S/C16H17N3O4/c1-23-14-5-3-2-4-13(14)19-9-11(7-17-19)8-18-10-12(16(21)22)6-15(18)20/h2-5,7,9,12H,6,8,10H2,1H3,(H,21,22)/t12-/m1/s1. The van der Waals surface area contributed by atoms with Gasteiger partial charge in [-0.15, -0.1) is 0 Å². The highest BCUT2D eigenvalue weighted by molar-refractivity contribution is 5.86. The summed E-state index contributed by atoms with van der Waals surface area (Å²) >= 11 is 0. The number of benzene rings is 1. The fourth-order valence-corrected chi connectivity index (χ4v) is 2.70. The Balaban J connectivity index is 1.75. The van der Waals surface area contributed by atoms with Gasteiger partial charge in [-0.2, -0.15) is 5.10 Å². The second-order valence-corrected chi connectivity index (χ2v) is 5.48. The van der Waals surface area contributed by atoms with Crippen LogP contribution in [-0.4, -0.2) is 45.3 Å². The Morgan fingerprint density at radius 2 is 2.22 bits per heavy atom. The summed E-state index contributed by atoms with van der Waals surface area (Å²) in [4.78, 5) is 24.4. The molecule has 1 atom stereocenters. The first-order valence-corrected chi connectivity index (χ1v) is 7.26. The number of likely N-dealkylation sites (tertiary alicyclic amines) is 1. The van der Waals surface area contributed by atoms with E-state index in [0.29, 0.717) is 12.3 Å². The fraction of sp³-hybridized carbons (Fsp3) is 0.312. The van der Waals surface area contributed by atoms with Crippen LogP contribution in [0.4, 0.5) is 0 Å². The van der Waals surface area contributed by atoms with Crippen LogP contribution in [0.1, 0.15) is 12.0 Å². The van der Waals surface area contributed by atoms with Gasteiger partial charge in [-0.3, -0.25) is 9.59 Å². The van der Waals surface area contributed by atoms with Crippen molar-refractivity contribution in [1.82, 2.24) is 14.7 Å². The summed E-state index contributed by atoms with van der Waals surface area (Å²) in [6, 6.07) is 7.50. The third kappa shape index (κ3) is 3.03. The van der Waals surface area contributed by atoms with E-state index in [9.17, 15) is 9.59 Å². The number of carboxylic acid groups (broad SMARTS) is 1. The number of amides is 1. The van der Waals surface area contributed by atoms with Crippen molar-refractivity contribution in [3.05, 3.63) is 42.2 Å². The summed E-state index contributed by atoms with van der Waals surface area (Å²) in [7, 11) is 1.60. The Morgan fingerprint density at radius 3 is 2.91 bits per heavy atom. The number of carbonyl (C=O) groups excluding carboxylic acids is 1. The van der Waals surface area contributed by atoms with Crippen molar-refractivity contribution in [1.29, 1.82) is 0 Å². The molecule has 1 amide bonds. The van der Waals surface area contributed by atoms with E-state index < -0.39 is 11.9 Å². The number of hydrogen-bond donors (Lipinski definition) is 1. The molecule has 0 unspecified atom stereocenters. The Labute approximate surface area is 133 Å². The van der Waals surface area contributed by atoms with Crippen molar-refractivity contribution in [2.75, 3.05) is 13.7 Å². The number of ether oxygens (including phenoxy) is 1. The van der Waals surface area contributed by atoms with Crippen molar-refractivity contribution in [2.45, 2.75) is 13.0 Å². The lowest BCUT2D eigenvalue weighted by Crippen LogP contribution is -2.25. The zero-order chi connectivity index (χ0) is 16.4. The zero-order valence-electron chi connectivity index (χ0n) is 12.7. The van der Waals surface area contributed by atoms with Gasteiger partial charge in [0.2, 0.25) is 5.91 Å². The first-order valence-electron chi connectivity index (χ1n) is 7.26. The van der Waals surface area contributed by atoms with Crippen LogP contribution in [0, 0.1) is 5.92 Å². The second kappa shape index (κ2) is 6.12. The lowest BCUT2D eigenvalue weighted by atomic mass is 10.1. The average Bonchev–Trinajstić information content (AvgIpc) is 3.15. The highest BCUT2D eigenvalue weighted by Gasteiger charge is 2.34. The van der Waals surface area contributed by atoms with E-state index in [0.717, 1.165) is 11.3 Å². The van der Waals surface area contributed by atoms with Gasteiger partial charge in [0, 0.05) is 31.3 Å². The molecule has 2 aromatic rings. The molecule has 0 saturated carbocycles. The van der Waals surface area contributed by atoms with E-state index in [2.05, 4.69) is 5.10 Å². The quantitative estimate of drug-likeness (QED) is 0.899. The lowest BCUT2D eigenvalue weighted by Gasteiger charge is -2.14. The zero-order valence-corrected chi connectivity index (χ0v) is 12.7. The van der Waals surface area contributed by atoms with Gasteiger partial charge >= 0.3 is 5.97 Å². The third-order valence-corrected chi connectivity index (χ3v) is 3.91. The van der Waals surface area contributed by atoms with E-state index in [4.69, 9.17) is 9.84 Å². The molecule has 1 aromatic heterocycles. The smallest absolute Gasteiger partial charge is 0.308 e. The maximum Gasteiger partial charge on any atom is 0.308 e. The van der Waals surface area contributed by atoms with E-state index >= 15 is 0 Å². The van der Waals surface area contributed by atoms with Crippen molar-refractivity contribution in [3.8, 4) is 11.4 Å². The number of para-hydroxylation sites is 2. The van der Waals surface area contributed by atoms with Gasteiger partial charge in [-0.05, 0) is 12.1 Å². The minimum atomic E-state index is -0.925. The summed E-state index contributed by atoms with van der Waals surface area (Å²) in [5.74, 6) is -0.981. The number of hydrogen-bond acceptors (Lipinski definition) is 4. The Morgan fingerprint density at radius 1 is 1.43 bits per heavy atom. The van der Waals surface area contributed by atoms with Crippen LogP contribution in [0.2, 0.25) is 0 Å². The van der Waals surface area contributed by atoms with Crippen LogP contribution in [0.5, 0.6) is 5.75 Å². The Hall–Kier alpha value is -2.83. The molecule has 3 rings (SSSR count). The second-order valence-electron chi connectivity index (χ2n) is 5.48. The molecule has 1 aliphatic heterocycles. The van der Waals surface area contributed by atoms with Gasteiger partial charge in [0.1, 0.15) is 11.4 Å². The molecule has 7 heteroatoms. The largest absolute Gasteiger partial charge is 0.494 e. The highest BCUT2D eigenvalue weighted by atomic mass is 16.5. The molecule has 7 nitrogen and oxygen atoms in total. The maximum atomic E-state index is 11.9. The predicted molar refractivity (Wildman–Crippen MR) is 81.3 cm³/mol. The van der Waals surface area contributed by atoms with Gasteiger partial charge in [-0.25, -0.2) is 4.68 Å². The van der Waals surface area contributed by atoms with Gasteiger partial charge < -0.3 is 14.7 Å². The van der Waals surface area contributed by atoms with Crippen LogP contribution < -0.4 is 4.74 Å². The summed E-state index contributed by atoms with van der Waals surface area (Å²) in [6.45, 7) is 0.603. The van der Waals surface area contributed by atoms with E-state index in [1.165, 1.54) is 0 Å². The number of methoxy groups -OCH3 is 1. The molecule has 0 aliphatic carbocycles. The summed E-state index contributed by atoms with van der Waals surface area (Å²) < 4.78 is 6.99. The van der Waals surface area contributed by atoms with Gasteiger partial charge in [0.15, 0.2) is 0 Å². The number of rotatable bonds is 5. The van der Waals surface area contributed by atoms with Crippen LogP contribution in [-0.2, 0) is 16.1 Å². The number of aliphatic carboxylic acids is 1. The fourth-order valence-electron chi connectivity index (χ4n) is 2.70. The monoisotopic (exact) mass is 315 g/mol. The molecule has 2 heterocycles. The normalized spacial score (nSPS) is 17.5. The van der Waals surface area contributed by atoms with Gasteiger partial charge in [0.25, 0.3) is 0 Å². The highest BCUT2D eigenvalue weighted by Crippen LogP contribution is 2.23. The van der Waals surface area contributed by atoms with Crippen LogP contribution in [0.3, 0.4) is 0 Å². The minimum absolute atomic E-state index is 0.0655. The van der Waals surface area contributed by atoms with Gasteiger partial charge in [-0.1, -0.05) is 12.1 Å². The summed E-state index contributed by atoms with van der Waals surface area (Å²) in [6.07, 6.45) is 3.56. The molecular weight excluding hydrogens is 298 g/mol. The lowest BCUT2D eigenvalue weighted by molar-refractivity contribution is -0.141. The van der Waals surface area contributed by atoms with Crippen LogP contribution in [0.15, 0.2) is 36.7 Å². The molecule has 1 N–H and O–H groups in total. The number of carboxylic acids is 1. The van der Waals surface area contributed by atoms with E-state index in [-0.39, 0.29) is 18.9 Å². The molecule has 23 heavy (non-hydrogen) atoms. The van der Waals surface area contributed by atoms with Crippen molar-refractivity contribution >= 4 is 11.9 Å². The third-order valence-electron chi connectivity index (χ3n) is 3.91. The van der Waals surface area contributed by atoms with Crippen molar-refractivity contribution in [2.24, 2.45) is 5.92 Å². The van der Waals surface area contributed by atoms with Gasteiger partial charge in [0.05, 0.1) is 19.2 Å². The predicted octanol–water partition coefficient (Wildman–Crippen LogP) is 1.31. The molecule has 1 saturated heterocycles. The minimum Gasteiger partial charge on any atom is -0.494 e. The topological polar surface area (TPSA) is 84.7 Å². The molecule has 0 bridgehead atoms. The Bertz CT molecular complexity index is 740. The van der Waals surface area contributed by atoms with Crippen molar-refractivity contribution in [3.63, 3.8) is 0 Å². The first kappa shape index (κ1) is 15.1. The molecule has 1 fully saturated rings. The molecule has 0 radical (unpaired) electrons. The Kier molecular flexibility index (Phi) is 4.01. The molecule has 0 spiro atoms. The SMILES string of the molecule is COc1ccccc1-n1cc(CN2C[C@H](C(=O)O)CC2=O)cn1. The first-order chi connectivity index (χ1) is 11.1. The average molecular weight is 315 g/mol. The molecule has 1 aromatic carbocycles. The molecule has 120 valence electrons. The van der Waals surface area contributed by atoms with Crippen LogP contribution >= 0.6 is 0 Å². The van der Waals surface area contributed by atoms with E-state index in [1.54, 1.807) is 22.9 Å². The summed E-state index contributed by atoms with van der Waals surface area (Å²) in [5, 5.41) is 13.3. The molecular formula is C16H17N3O4. The maximum absolute atomic E-state index is 11.9. The van der Waals surface area contributed by atoms with Crippen LogP contribution in [0.25, 0.3) is 5.69 Å². The van der Waals surface area contributed by atoms with E-state index in [1.807, 2.05) is 30.5 Å².